The van der Waals surface area contributed by atoms with E-state index < -0.39 is 83.6 Å². The van der Waals surface area contributed by atoms with Crippen LogP contribution >= 0.6 is 0 Å². The van der Waals surface area contributed by atoms with Crippen LogP contribution in [0.15, 0.2) is 54.6 Å². The molecule has 6 atom stereocenters. The van der Waals surface area contributed by atoms with E-state index in [2.05, 4.69) is 16.0 Å². The van der Waals surface area contributed by atoms with Crippen molar-refractivity contribution in [3.05, 3.63) is 71.3 Å². The summed E-state index contributed by atoms with van der Waals surface area (Å²) in [5, 5.41) is 17.2. The molecular formula is C46H63N5O10. The van der Waals surface area contributed by atoms with Gasteiger partial charge in [0.05, 0.1) is 18.6 Å². The molecule has 0 aliphatic carbocycles. The number of hydrogen-bond acceptors (Lipinski definition) is 9. The van der Waals surface area contributed by atoms with Gasteiger partial charge >= 0.3 is 12.1 Å². The zero-order valence-electron chi connectivity index (χ0n) is 36.3. The number of hydrogen-bond donors (Lipinski definition) is 4. The Bertz CT molecular complexity index is 1880. The molecule has 2 aromatic carbocycles. The number of likely N-dealkylation sites (tertiary alicyclic amines) is 1. The van der Waals surface area contributed by atoms with Crippen LogP contribution in [0.3, 0.4) is 0 Å². The van der Waals surface area contributed by atoms with Gasteiger partial charge in [0.15, 0.2) is 0 Å². The molecule has 3 unspecified atom stereocenters. The molecule has 4 N–H and O–H groups in total. The number of unbranched alkanes of at least 4 members (excludes halogenated alkanes) is 1. The van der Waals surface area contributed by atoms with Crippen LogP contribution in [0.2, 0.25) is 0 Å². The summed E-state index contributed by atoms with van der Waals surface area (Å²) in [5.41, 5.74) is 2.93. The number of nitrogens with one attached hydrogen (secondary N) is 3. The van der Waals surface area contributed by atoms with Gasteiger partial charge in [-0.05, 0) is 61.1 Å². The average molecular weight is 846 g/mol. The number of benzene rings is 2. The number of aliphatic carboxylic acids is 1. The summed E-state index contributed by atoms with van der Waals surface area (Å²) in [6, 6.07) is 12.9. The smallest absolute Gasteiger partial charge is 0.410 e. The second-order valence-electron chi connectivity index (χ2n) is 16.9. The van der Waals surface area contributed by atoms with E-state index >= 15 is 0 Å². The summed E-state index contributed by atoms with van der Waals surface area (Å²) in [6.07, 6.45) is 0.325. The number of ether oxygens (including phenoxy) is 1. The van der Waals surface area contributed by atoms with Crippen LogP contribution in [0, 0.1) is 17.8 Å². The predicted molar refractivity (Wildman–Crippen MR) is 227 cm³/mol. The van der Waals surface area contributed by atoms with Gasteiger partial charge in [0.25, 0.3) is 5.91 Å². The van der Waals surface area contributed by atoms with Gasteiger partial charge in [-0.1, -0.05) is 95.6 Å². The van der Waals surface area contributed by atoms with E-state index in [0.717, 1.165) is 16.7 Å². The van der Waals surface area contributed by atoms with Gasteiger partial charge in [0, 0.05) is 44.7 Å². The van der Waals surface area contributed by atoms with Crippen LogP contribution in [0.4, 0.5) is 4.79 Å². The van der Waals surface area contributed by atoms with Crippen molar-refractivity contribution in [1.29, 1.82) is 0 Å². The van der Waals surface area contributed by atoms with E-state index in [0.29, 0.717) is 38.8 Å². The molecule has 1 fully saturated rings. The van der Waals surface area contributed by atoms with Gasteiger partial charge < -0.3 is 35.6 Å². The number of Topliss-reactive ketones (excluding diaryl/α,β-unsaturated/α-hetero) is 2. The van der Waals surface area contributed by atoms with Crippen molar-refractivity contribution >= 4 is 47.3 Å². The first-order valence-corrected chi connectivity index (χ1v) is 21.6. The highest BCUT2D eigenvalue weighted by molar-refractivity contribution is 6.38. The first-order chi connectivity index (χ1) is 29.0. The number of nitrogens with zero attached hydrogens (tertiary/aromatic N) is 2. The number of carbonyl (C=O) groups is 8. The standard InChI is InChI=1S/C46H63N5O10/c1-7-15-37(41(55)44(58)47-30(6)31-16-9-8-10-17-31)48-43(57)38-25-35(61-46(60)50-23-22-32-18-11-12-19-33(32)26-50)27-51(38)45(59)40(29(4)5)49-42(56)36(28(2)3)24-34(52)20-13-14-21-39(53)54/h8-12,16-19,28-30,35-38,40H,7,13-15,20-27H2,1-6H3,(H,47,58)(H,48,57)(H,49,56)(H,53,54)/t30-,35?,36+,37?,38?,40-/m0/s1. The van der Waals surface area contributed by atoms with Gasteiger partial charge in [-0.15, -0.1) is 0 Å². The van der Waals surface area contributed by atoms with Crippen LogP contribution in [-0.4, -0.2) is 99.5 Å². The molecule has 15 heteroatoms. The Morgan fingerprint density at radius 2 is 1.48 bits per heavy atom. The number of ketones is 2. The van der Waals surface area contributed by atoms with Crippen molar-refractivity contribution in [2.75, 3.05) is 13.1 Å². The van der Waals surface area contributed by atoms with Crippen molar-refractivity contribution < 1.29 is 48.2 Å². The second-order valence-corrected chi connectivity index (χ2v) is 16.9. The predicted octanol–water partition coefficient (Wildman–Crippen LogP) is 4.90. The topological polar surface area (TPSA) is 209 Å². The normalized spacial score (nSPS) is 18.0. The Labute approximate surface area is 358 Å². The maximum Gasteiger partial charge on any atom is 0.410 e. The monoisotopic (exact) mass is 845 g/mol. The van der Waals surface area contributed by atoms with Crippen LogP contribution in [-0.2, 0) is 51.3 Å². The largest absolute Gasteiger partial charge is 0.481 e. The molecule has 0 bridgehead atoms. The van der Waals surface area contributed by atoms with E-state index in [1.807, 2.05) is 61.5 Å². The van der Waals surface area contributed by atoms with Crippen molar-refractivity contribution in [2.45, 2.75) is 136 Å². The lowest BCUT2D eigenvalue weighted by atomic mass is 9.88. The minimum absolute atomic E-state index is 0.0547. The summed E-state index contributed by atoms with van der Waals surface area (Å²) >= 11 is 0. The van der Waals surface area contributed by atoms with Crippen molar-refractivity contribution in [3.63, 3.8) is 0 Å². The fourth-order valence-corrected chi connectivity index (χ4v) is 7.85. The molecule has 2 aliphatic rings. The maximum absolute atomic E-state index is 14.6. The molecule has 332 valence electrons. The van der Waals surface area contributed by atoms with Gasteiger partial charge in [-0.3, -0.25) is 33.6 Å². The summed E-state index contributed by atoms with van der Waals surface area (Å²) in [4.78, 5) is 110. The fraction of sp³-hybridized carbons (Fsp3) is 0.565. The first kappa shape index (κ1) is 48.1. The number of carboxylic acid groups (broad SMARTS) is 1. The minimum atomic E-state index is -1.22. The van der Waals surface area contributed by atoms with Gasteiger partial charge in [0.2, 0.25) is 23.5 Å². The van der Waals surface area contributed by atoms with E-state index in [-0.39, 0.29) is 50.4 Å². The van der Waals surface area contributed by atoms with E-state index in [1.54, 1.807) is 39.5 Å². The van der Waals surface area contributed by atoms with Gasteiger partial charge in [0.1, 0.15) is 24.0 Å². The second kappa shape index (κ2) is 22.8. The molecule has 2 heterocycles. The van der Waals surface area contributed by atoms with Crippen LogP contribution in [0.25, 0.3) is 0 Å². The molecular weight excluding hydrogens is 783 g/mol. The quantitative estimate of drug-likeness (QED) is 0.0987. The number of rotatable bonds is 21. The lowest BCUT2D eigenvalue weighted by Crippen LogP contribution is -2.58. The number of amides is 5. The van der Waals surface area contributed by atoms with Crippen LogP contribution < -0.4 is 16.0 Å². The molecule has 0 aromatic heterocycles. The summed E-state index contributed by atoms with van der Waals surface area (Å²) < 4.78 is 5.96. The number of carboxylic acids is 1. The van der Waals surface area contributed by atoms with E-state index in [9.17, 15) is 38.4 Å². The number of carbonyl (C=O) groups excluding carboxylic acids is 7. The third kappa shape index (κ3) is 13.7. The molecule has 61 heavy (non-hydrogen) atoms. The van der Waals surface area contributed by atoms with Crippen molar-refractivity contribution in [1.82, 2.24) is 25.8 Å². The first-order valence-electron chi connectivity index (χ1n) is 21.6. The SMILES string of the molecule is CCCC(NC(=O)C1CC(OC(=O)N2CCc3ccccc3C2)CN1C(=O)[C@@H](NC(=O)[C@H](CC(=O)CCCCC(=O)O)C(C)C)C(C)C)C(=O)C(=O)N[C@@H](C)c1ccccc1. The molecule has 15 nitrogen and oxygen atoms in total. The van der Waals surface area contributed by atoms with E-state index in [1.165, 1.54) is 4.90 Å². The summed E-state index contributed by atoms with van der Waals surface area (Å²) in [6.45, 7) is 11.2. The fourth-order valence-electron chi connectivity index (χ4n) is 7.85. The maximum atomic E-state index is 14.6. The highest BCUT2D eigenvalue weighted by Gasteiger charge is 2.46. The molecule has 2 aromatic rings. The highest BCUT2D eigenvalue weighted by Crippen LogP contribution is 2.27. The zero-order chi connectivity index (χ0) is 44.8. The number of fused-ring (bicyclic) bond motifs is 1. The third-order valence-corrected chi connectivity index (χ3v) is 11.5. The van der Waals surface area contributed by atoms with Gasteiger partial charge in [-0.25, -0.2) is 4.79 Å². The van der Waals surface area contributed by atoms with Crippen LogP contribution in [0.5, 0.6) is 0 Å². The molecule has 1 saturated heterocycles. The minimum Gasteiger partial charge on any atom is -0.481 e. The lowest BCUT2D eigenvalue weighted by molar-refractivity contribution is -0.144. The highest BCUT2D eigenvalue weighted by atomic mass is 16.6. The van der Waals surface area contributed by atoms with Gasteiger partial charge in [-0.2, -0.15) is 0 Å². The Hall–Kier alpha value is -5.60. The Kier molecular flexibility index (Phi) is 18.0. The average Bonchev–Trinajstić information content (AvgIpc) is 3.66. The molecule has 0 saturated carbocycles. The Balaban J connectivity index is 1.54. The van der Waals surface area contributed by atoms with E-state index in [4.69, 9.17) is 9.84 Å². The zero-order valence-corrected chi connectivity index (χ0v) is 36.3. The van der Waals surface area contributed by atoms with Crippen molar-refractivity contribution in [2.24, 2.45) is 17.8 Å². The summed E-state index contributed by atoms with van der Waals surface area (Å²) in [7, 11) is 0. The lowest BCUT2D eigenvalue weighted by Gasteiger charge is -2.32. The Morgan fingerprint density at radius 3 is 2.11 bits per heavy atom. The summed E-state index contributed by atoms with van der Waals surface area (Å²) in [5.74, 6) is -6.21. The molecule has 2 aliphatic heterocycles. The Morgan fingerprint density at radius 1 is 0.820 bits per heavy atom. The molecule has 5 amide bonds. The van der Waals surface area contributed by atoms with Crippen molar-refractivity contribution in [3.8, 4) is 0 Å². The third-order valence-electron chi connectivity index (χ3n) is 11.5. The molecule has 0 spiro atoms. The van der Waals surface area contributed by atoms with Crippen LogP contribution in [0.1, 0.15) is 116 Å². The molecule has 0 radical (unpaired) electrons. The molecule has 4 rings (SSSR count).